The van der Waals surface area contributed by atoms with Gasteiger partial charge in [-0.15, -0.1) is 0 Å². The Morgan fingerprint density at radius 2 is 1.81 bits per heavy atom. The highest BCUT2D eigenvalue weighted by molar-refractivity contribution is 7.92. The molecule has 0 radical (unpaired) electrons. The van der Waals surface area contributed by atoms with Crippen LogP contribution in [0.5, 0.6) is 0 Å². The number of sulfonamides is 1. The molecule has 0 bridgehead atoms. The van der Waals surface area contributed by atoms with Crippen LogP contribution in [0.3, 0.4) is 0 Å². The molecule has 0 saturated carbocycles. The van der Waals surface area contributed by atoms with Crippen LogP contribution in [0.1, 0.15) is 5.69 Å². The van der Waals surface area contributed by atoms with E-state index < -0.39 is 14.9 Å². The van der Waals surface area contributed by atoms with E-state index in [1.54, 1.807) is 30.3 Å². The molecule has 0 unspecified atom stereocenters. The fourth-order valence-electron chi connectivity index (χ4n) is 3.13. The number of hydrogen-bond donors (Lipinski definition) is 2. The van der Waals surface area contributed by atoms with Crippen LogP contribution in [-0.2, 0) is 16.4 Å². The molecular weight excluding hydrogens is 418 g/mol. The number of benzene rings is 2. The molecule has 0 saturated heterocycles. The maximum absolute atomic E-state index is 12.6. The minimum atomic E-state index is -3.96. The van der Waals surface area contributed by atoms with Gasteiger partial charge in [0.15, 0.2) is 0 Å². The van der Waals surface area contributed by atoms with E-state index in [1.807, 2.05) is 35.0 Å². The number of rotatable bonds is 8. The third-order valence-electron chi connectivity index (χ3n) is 4.61. The summed E-state index contributed by atoms with van der Waals surface area (Å²) in [6.07, 6.45) is 4.34. The van der Waals surface area contributed by atoms with E-state index in [4.69, 9.17) is 0 Å². The quantitative estimate of drug-likeness (QED) is 0.320. The molecule has 2 heterocycles. The van der Waals surface area contributed by atoms with E-state index in [0.29, 0.717) is 18.7 Å². The summed E-state index contributed by atoms with van der Waals surface area (Å²) in [5.74, 6) is 0. The molecule has 31 heavy (non-hydrogen) atoms. The third-order valence-corrected chi connectivity index (χ3v) is 5.99. The van der Waals surface area contributed by atoms with E-state index in [2.05, 4.69) is 15.0 Å². The summed E-state index contributed by atoms with van der Waals surface area (Å²) in [5, 5.41) is 14.6. The van der Waals surface area contributed by atoms with Gasteiger partial charge < -0.3 is 9.72 Å². The van der Waals surface area contributed by atoms with Gasteiger partial charge in [-0.3, -0.25) is 14.8 Å². The van der Waals surface area contributed by atoms with Crippen molar-refractivity contribution in [1.29, 1.82) is 0 Å². The van der Waals surface area contributed by atoms with E-state index in [0.717, 1.165) is 17.4 Å². The molecule has 0 atom stereocenters. The Bertz CT molecular complexity index is 1300. The normalized spacial score (nSPS) is 11.4. The van der Waals surface area contributed by atoms with Crippen molar-refractivity contribution < 1.29 is 13.3 Å². The second-order valence-electron chi connectivity index (χ2n) is 6.78. The highest BCUT2D eigenvalue weighted by Crippen LogP contribution is 2.28. The lowest BCUT2D eigenvalue weighted by molar-refractivity contribution is -0.384. The van der Waals surface area contributed by atoms with Gasteiger partial charge in [-0.05, 0) is 36.4 Å². The molecule has 0 amide bonds. The van der Waals surface area contributed by atoms with Gasteiger partial charge in [0.05, 0.1) is 15.5 Å². The molecule has 2 N–H and O–H groups in total. The molecule has 2 aromatic carbocycles. The molecule has 0 aliphatic heterocycles. The minimum Gasteiger partial charge on any atom is -0.379 e. The van der Waals surface area contributed by atoms with E-state index in [-0.39, 0.29) is 16.3 Å². The number of pyridine rings is 1. The van der Waals surface area contributed by atoms with Crippen molar-refractivity contribution in [3.05, 3.63) is 94.9 Å². The molecule has 158 valence electrons. The lowest BCUT2D eigenvalue weighted by Gasteiger charge is -2.10. The first-order valence-corrected chi connectivity index (χ1v) is 10.9. The summed E-state index contributed by atoms with van der Waals surface area (Å²) in [7, 11) is -3.96. The fraction of sp³-hybridized carbons (Fsp3) is 0.0952. The second-order valence-corrected chi connectivity index (χ2v) is 8.47. The summed E-state index contributed by atoms with van der Waals surface area (Å²) in [6.45, 7) is 0.402. The van der Waals surface area contributed by atoms with Crippen LogP contribution in [0.4, 0.5) is 17.1 Å². The van der Waals surface area contributed by atoms with Gasteiger partial charge in [0, 0.05) is 37.1 Å². The number of fused-ring (bicyclic) bond motifs is 1. The van der Waals surface area contributed by atoms with Crippen molar-refractivity contribution in [2.24, 2.45) is 0 Å². The van der Waals surface area contributed by atoms with Gasteiger partial charge in [-0.25, -0.2) is 13.4 Å². The Morgan fingerprint density at radius 1 is 1.03 bits per heavy atom. The standard InChI is InChI=1S/C21H19N5O4S/c27-26(28)20-14-18(31(29,30)24-16-6-2-1-3-7-16)9-10-19(20)22-12-11-17-15-25-13-5-4-8-21(25)23-17/h1-10,13-15,22,24H,11-12H2. The number of anilines is 2. The van der Waals surface area contributed by atoms with Gasteiger partial charge in [0.25, 0.3) is 15.7 Å². The maximum atomic E-state index is 12.6. The van der Waals surface area contributed by atoms with Crippen molar-refractivity contribution in [2.45, 2.75) is 11.3 Å². The van der Waals surface area contributed by atoms with Gasteiger partial charge >= 0.3 is 0 Å². The lowest BCUT2D eigenvalue weighted by Crippen LogP contribution is -2.14. The smallest absolute Gasteiger partial charge is 0.293 e. The second kappa shape index (κ2) is 8.44. The number of nitrogens with zero attached hydrogens (tertiary/aromatic N) is 3. The number of nitro groups is 1. The molecule has 0 aliphatic carbocycles. The molecule has 0 spiro atoms. The number of aromatic nitrogens is 2. The number of hydrogen-bond acceptors (Lipinski definition) is 6. The summed E-state index contributed by atoms with van der Waals surface area (Å²) in [5.41, 5.74) is 1.97. The van der Waals surface area contributed by atoms with Crippen molar-refractivity contribution in [3.8, 4) is 0 Å². The average Bonchev–Trinajstić information content (AvgIpc) is 3.17. The largest absolute Gasteiger partial charge is 0.379 e. The van der Waals surface area contributed by atoms with Crippen molar-refractivity contribution in [3.63, 3.8) is 0 Å². The average molecular weight is 437 g/mol. The maximum Gasteiger partial charge on any atom is 0.293 e. The number of para-hydroxylation sites is 1. The van der Waals surface area contributed by atoms with Crippen LogP contribution in [-0.4, -0.2) is 29.3 Å². The van der Waals surface area contributed by atoms with E-state index in [1.165, 1.54) is 12.1 Å². The molecule has 4 aromatic rings. The first-order chi connectivity index (χ1) is 14.9. The Labute approximate surface area is 178 Å². The van der Waals surface area contributed by atoms with Crippen LogP contribution in [0.25, 0.3) is 5.65 Å². The third kappa shape index (κ3) is 4.64. The van der Waals surface area contributed by atoms with Crippen LogP contribution < -0.4 is 10.0 Å². The molecule has 2 aromatic heterocycles. The number of nitrogens with one attached hydrogen (secondary N) is 2. The molecule has 4 rings (SSSR count). The first kappa shape index (κ1) is 20.4. The van der Waals surface area contributed by atoms with Crippen molar-refractivity contribution in [2.75, 3.05) is 16.6 Å². The van der Waals surface area contributed by atoms with Crippen molar-refractivity contribution >= 4 is 32.7 Å². The van der Waals surface area contributed by atoms with Crippen LogP contribution in [0, 0.1) is 10.1 Å². The molecule has 0 aliphatic rings. The lowest BCUT2D eigenvalue weighted by atomic mass is 10.2. The predicted molar refractivity (Wildman–Crippen MR) is 118 cm³/mol. The summed E-state index contributed by atoms with van der Waals surface area (Å²) < 4.78 is 29.5. The highest BCUT2D eigenvalue weighted by atomic mass is 32.2. The Hall–Kier alpha value is -3.92. The highest BCUT2D eigenvalue weighted by Gasteiger charge is 2.21. The molecule has 0 fully saturated rings. The summed E-state index contributed by atoms with van der Waals surface area (Å²) in [4.78, 5) is 15.2. The Kier molecular flexibility index (Phi) is 5.54. The van der Waals surface area contributed by atoms with Gasteiger partial charge in [-0.2, -0.15) is 0 Å². The zero-order valence-corrected chi connectivity index (χ0v) is 17.1. The number of nitro benzene ring substituents is 1. The summed E-state index contributed by atoms with van der Waals surface area (Å²) in [6, 6.07) is 17.8. The predicted octanol–water partition coefficient (Wildman–Crippen LogP) is 3.70. The van der Waals surface area contributed by atoms with Gasteiger partial charge in [-0.1, -0.05) is 24.3 Å². The van der Waals surface area contributed by atoms with Gasteiger partial charge in [0.2, 0.25) is 0 Å². The first-order valence-electron chi connectivity index (χ1n) is 9.45. The summed E-state index contributed by atoms with van der Waals surface area (Å²) >= 11 is 0. The Balaban J connectivity index is 1.49. The topological polar surface area (TPSA) is 119 Å². The zero-order chi connectivity index (χ0) is 21.8. The van der Waals surface area contributed by atoms with Crippen LogP contribution in [0.15, 0.2) is 84.0 Å². The molecule has 9 nitrogen and oxygen atoms in total. The zero-order valence-electron chi connectivity index (χ0n) is 16.3. The van der Waals surface area contributed by atoms with Crippen LogP contribution in [0.2, 0.25) is 0 Å². The monoisotopic (exact) mass is 437 g/mol. The van der Waals surface area contributed by atoms with Crippen molar-refractivity contribution in [1.82, 2.24) is 9.38 Å². The minimum absolute atomic E-state index is 0.186. The number of imidazole rings is 1. The van der Waals surface area contributed by atoms with Gasteiger partial charge in [0.1, 0.15) is 11.3 Å². The van der Waals surface area contributed by atoms with E-state index in [9.17, 15) is 18.5 Å². The SMILES string of the molecule is O=[N+]([O-])c1cc(S(=O)(=O)Nc2ccccc2)ccc1NCCc1cn2ccccc2n1. The molecular formula is C21H19N5O4S. The van der Waals surface area contributed by atoms with E-state index >= 15 is 0 Å². The Morgan fingerprint density at radius 3 is 2.55 bits per heavy atom. The van der Waals surface area contributed by atoms with Crippen LogP contribution >= 0.6 is 0 Å². The molecule has 10 heteroatoms. The fourth-order valence-corrected chi connectivity index (χ4v) is 4.21.